The maximum absolute atomic E-state index is 10.5. The predicted octanol–water partition coefficient (Wildman–Crippen LogP) is 2.38. The van der Waals surface area contributed by atoms with Gasteiger partial charge >= 0.3 is 0 Å². The second-order valence-corrected chi connectivity index (χ2v) is 6.62. The number of likely N-dealkylation sites (N-methyl/N-ethyl adjacent to an activating group) is 1. The largest absolute Gasteiger partial charge is 0.388 e. The van der Waals surface area contributed by atoms with E-state index in [0.29, 0.717) is 39.1 Å². The van der Waals surface area contributed by atoms with Crippen LogP contribution >= 0.6 is 11.3 Å². The minimum absolute atomic E-state index is 0.623. The highest BCUT2D eigenvalue weighted by molar-refractivity contribution is 7.13. The highest BCUT2D eigenvalue weighted by Crippen LogP contribution is 2.26. The first-order valence-corrected chi connectivity index (χ1v) is 8.01. The number of nitrogens with zero attached hydrogens (tertiary/aromatic N) is 2. The average Bonchev–Trinajstić information content (AvgIpc) is 3.08. The third-order valence-electron chi connectivity index (χ3n) is 3.74. The Morgan fingerprint density at radius 3 is 2.95 bits per heavy atom. The average molecular weight is 308 g/mol. The molecule has 2 aromatic heterocycles. The van der Waals surface area contributed by atoms with Crippen molar-refractivity contribution in [1.29, 1.82) is 0 Å². The molecule has 0 aliphatic carbocycles. The Labute approximate surface area is 128 Å². The molecule has 114 valence electrons. The number of ether oxygens (including phenoxy) is 1. The molecular formula is C15H20N2O3S. The number of hydrogen-bond acceptors (Lipinski definition) is 6. The van der Waals surface area contributed by atoms with Crippen LogP contribution in [0.25, 0.3) is 10.6 Å². The minimum Gasteiger partial charge on any atom is -0.388 e. The standard InChI is InChI=1S/C15H20N2O3S/c1-17(11-15(18)4-6-19-7-5-15)10-12-9-13(20-16-12)14-3-2-8-21-14/h2-3,8-9,18H,4-7,10-11H2,1H3. The van der Waals surface area contributed by atoms with E-state index in [1.807, 2.05) is 30.6 Å². The van der Waals surface area contributed by atoms with Gasteiger partial charge in [-0.15, -0.1) is 11.3 Å². The minimum atomic E-state index is -0.646. The lowest BCUT2D eigenvalue weighted by atomic mass is 9.94. The summed E-state index contributed by atoms with van der Waals surface area (Å²) in [5.41, 5.74) is 0.240. The van der Waals surface area contributed by atoms with Crippen LogP contribution in [0.4, 0.5) is 0 Å². The zero-order chi connectivity index (χ0) is 14.7. The molecule has 0 atom stereocenters. The fraction of sp³-hybridized carbons (Fsp3) is 0.533. The quantitative estimate of drug-likeness (QED) is 0.919. The Hall–Kier alpha value is -1.21. The Bertz CT molecular complexity index is 561. The van der Waals surface area contributed by atoms with Crippen LogP contribution in [-0.4, -0.2) is 47.6 Å². The molecule has 0 unspecified atom stereocenters. The zero-order valence-corrected chi connectivity index (χ0v) is 12.9. The van der Waals surface area contributed by atoms with Crippen LogP contribution in [0.5, 0.6) is 0 Å². The normalized spacial score (nSPS) is 18.2. The summed E-state index contributed by atoms with van der Waals surface area (Å²) >= 11 is 1.63. The number of aromatic nitrogens is 1. The number of aliphatic hydroxyl groups is 1. The fourth-order valence-electron chi connectivity index (χ4n) is 2.67. The van der Waals surface area contributed by atoms with Gasteiger partial charge in [0.05, 0.1) is 16.2 Å². The van der Waals surface area contributed by atoms with Crippen molar-refractivity contribution in [3.8, 4) is 10.6 Å². The summed E-state index contributed by atoms with van der Waals surface area (Å²) in [6.07, 6.45) is 1.38. The van der Waals surface area contributed by atoms with Crippen molar-refractivity contribution in [2.45, 2.75) is 25.0 Å². The Morgan fingerprint density at radius 1 is 1.43 bits per heavy atom. The third-order valence-corrected chi connectivity index (χ3v) is 4.63. The van der Waals surface area contributed by atoms with Gasteiger partial charge in [-0.2, -0.15) is 0 Å². The van der Waals surface area contributed by atoms with Gasteiger partial charge in [0, 0.05) is 45.2 Å². The summed E-state index contributed by atoms with van der Waals surface area (Å²) < 4.78 is 10.7. The van der Waals surface area contributed by atoms with Crippen molar-refractivity contribution in [1.82, 2.24) is 10.1 Å². The zero-order valence-electron chi connectivity index (χ0n) is 12.1. The number of rotatable bonds is 5. The SMILES string of the molecule is CN(Cc1cc(-c2cccs2)on1)CC1(O)CCOCC1. The van der Waals surface area contributed by atoms with E-state index >= 15 is 0 Å². The van der Waals surface area contributed by atoms with Crippen molar-refractivity contribution in [3.63, 3.8) is 0 Å². The maximum Gasteiger partial charge on any atom is 0.177 e. The van der Waals surface area contributed by atoms with Crippen molar-refractivity contribution < 1.29 is 14.4 Å². The lowest BCUT2D eigenvalue weighted by molar-refractivity contribution is -0.0778. The van der Waals surface area contributed by atoms with Crippen LogP contribution in [0.1, 0.15) is 18.5 Å². The highest BCUT2D eigenvalue weighted by atomic mass is 32.1. The molecule has 3 heterocycles. The van der Waals surface area contributed by atoms with Crippen LogP contribution in [0.15, 0.2) is 28.1 Å². The predicted molar refractivity (Wildman–Crippen MR) is 81.2 cm³/mol. The molecule has 1 saturated heterocycles. The van der Waals surface area contributed by atoms with Gasteiger partial charge < -0.3 is 14.4 Å². The molecule has 0 spiro atoms. The van der Waals surface area contributed by atoms with Gasteiger partial charge in [-0.25, -0.2) is 0 Å². The topological polar surface area (TPSA) is 58.7 Å². The first-order chi connectivity index (χ1) is 10.1. The maximum atomic E-state index is 10.5. The molecule has 0 amide bonds. The van der Waals surface area contributed by atoms with Crippen LogP contribution < -0.4 is 0 Å². The second kappa shape index (κ2) is 6.27. The van der Waals surface area contributed by atoms with Crippen LogP contribution in [0.2, 0.25) is 0 Å². The van der Waals surface area contributed by atoms with E-state index in [1.165, 1.54) is 0 Å². The smallest absolute Gasteiger partial charge is 0.177 e. The molecule has 5 nitrogen and oxygen atoms in total. The Balaban J connectivity index is 1.58. The van der Waals surface area contributed by atoms with E-state index in [4.69, 9.17) is 9.26 Å². The van der Waals surface area contributed by atoms with Gasteiger partial charge in [0.25, 0.3) is 0 Å². The fourth-order valence-corrected chi connectivity index (χ4v) is 3.34. The van der Waals surface area contributed by atoms with Crippen LogP contribution in [0, 0.1) is 0 Å². The molecular weight excluding hydrogens is 288 g/mol. The molecule has 21 heavy (non-hydrogen) atoms. The number of thiophene rings is 1. The Kier molecular flexibility index (Phi) is 4.40. The molecule has 1 aliphatic heterocycles. The molecule has 1 fully saturated rings. The summed E-state index contributed by atoms with van der Waals surface area (Å²) in [7, 11) is 1.99. The molecule has 0 bridgehead atoms. The second-order valence-electron chi connectivity index (χ2n) is 5.67. The summed E-state index contributed by atoms with van der Waals surface area (Å²) in [6, 6.07) is 5.98. The van der Waals surface area contributed by atoms with E-state index in [-0.39, 0.29) is 0 Å². The molecule has 1 aliphatic rings. The van der Waals surface area contributed by atoms with Gasteiger partial charge in [-0.3, -0.25) is 4.90 Å². The summed E-state index contributed by atoms with van der Waals surface area (Å²) in [5, 5.41) is 16.6. The molecule has 2 aromatic rings. The molecule has 6 heteroatoms. The molecule has 0 saturated carbocycles. The van der Waals surface area contributed by atoms with Crippen molar-refractivity contribution in [3.05, 3.63) is 29.3 Å². The van der Waals surface area contributed by atoms with Crippen LogP contribution in [-0.2, 0) is 11.3 Å². The molecule has 0 radical (unpaired) electrons. The monoisotopic (exact) mass is 308 g/mol. The number of hydrogen-bond donors (Lipinski definition) is 1. The van der Waals surface area contributed by atoms with Gasteiger partial charge in [-0.05, 0) is 18.5 Å². The first-order valence-electron chi connectivity index (χ1n) is 7.13. The summed E-state index contributed by atoms with van der Waals surface area (Å²) in [4.78, 5) is 3.17. The van der Waals surface area contributed by atoms with E-state index in [0.717, 1.165) is 16.3 Å². The molecule has 1 N–H and O–H groups in total. The van der Waals surface area contributed by atoms with E-state index < -0.39 is 5.60 Å². The summed E-state index contributed by atoms with van der Waals surface area (Å²) in [5.74, 6) is 0.804. The lowest BCUT2D eigenvalue weighted by Gasteiger charge is -2.35. The van der Waals surface area contributed by atoms with Gasteiger partial charge in [0.15, 0.2) is 5.76 Å². The van der Waals surface area contributed by atoms with Crippen molar-refractivity contribution >= 4 is 11.3 Å². The van der Waals surface area contributed by atoms with E-state index in [2.05, 4.69) is 10.1 Å². The van der Waals surface area contributed by atoms with Gasteiger partial charge in [-0.1, -0.05) is 11.2 Å². The van der Waals surface area contributed by atoms with Crippen LogP contribution in [0.3, 0.4) is 0 Å². The van der Waals surface area contributed by atoms with Gasteiger partial charge in [0.1, 0.15) is 0 Å². The Morgan fingerprint density at radius 2 is 2.24 bits per heavy atom. The molecule has 3 rings (SSSR count). The lowest BCUT2D eigenvalue weighted by Crippen LogP contribution is -2.45. The van der Waals surface area contributed by atoms with Crippen molar-refractivity contribution in [2.24, 2.45) is 0 Å². The summed E-state index contributed by atoms with van der Waals surface area (Å²) in [6.45, 7) is 2.56. The molecule has 0 aromatic carbocycles. The highest BCUT2D eigenvalue weighted by Gasteiger charge is 2.31. The van der Waals surface area contributed by atoms with Crippen molar-refractivity contribution in [2.75, 3.05) is 26.8 Å². The van der Waals surface area contributed by atoms with E-state index in [9.17, 15) is 5.11 Å². The first kappa shape index (κ1) is 14.7. The van der Waals surface area contributed by atoms with E-state index in [1.54, 1.807) is 11.3 Å². The van der Waals surface area contributed by atoms with Gasteiger partial charge in [0.2, 0.25) is 0 Å². The third kappa shape index (κ3) is 3.71.